The normalized spacial score (nSPS) is 11.6. The zero-order valence-electron chi connectivity index (χ0n) is 11.5. The van der Waals surface area contributed by atoms with E-state index in [2.05, 4.69) is 52.0 Å². The predicted octanol–water partition coefficient (Wildman–Crippen LogP) is 4.33. The van der Waals surface area contributed by atoms with Gasteiger partial charge in [0.25, 0.3) is 0 Å². The van der Waals surface area contributed by atoms with E-state index in [0.717, 1.165) is 5.56 Å². The zero-order chi connectivity index (χ0) is 13.3. The summed E-state index contributed by atoms with van der Waals surface area (Å²) < 4.78 is 0. The van der Waals surface area contributed by atoms with Gasteiger partial charge in [0.2, 0.25) is 0 Å². The Labute approximate surface area is 109 Å². The third-order valence-electron chi connectivity index (χ3n) is 3.64. The van der Waals surface area contributed by atoms with Crippen LogP contribution < -0.4 is 0 Å². The zero-order valence-corrected chi connectivity index (χ0v) is 11.5. The van der Waals surface area contributed by atoms with Gasteiger partial charge in [0.05, 0.1) is 0 Å². The van der Waals surface area contributed by atoms with Crippen LogP contribution in [0.3, 0.4) is 0 Å². The molecule has 0 aromatic heterocycles. The van der Waals surface area contributed by atoms with Crippen molar-refractivity contribution < 1.29 is 5.11 Å². The Hall–Kier alpha value is -1.76. The molecule has 1 nitrogen and oxygen atoms in total. The highest BCUT2D eigenvalue weighted by Gasteiger charge is 2.27. The molecule has 0 saturated carbocycles. The highest BCUT2D eigenvalue weighted by Crippen LogP contribution is 2.38. The van der Waals surface area contributed by atoms with Crippen LogP contribution in [0.5, 0.6) is 5.75 Å². The van der Waals surface area contributed by atoms with Crippen molar-refractivity contribution in [2.45, 2.75) is 33.1 Å². The van der Waals surface area contributed by atoms with E-state index in [-0.39, 0.29) is 5.41 Å². The van der Waals surface area contributed by atoms with E-state index in [1.165, 1.54) is 16.7 Å². The molecule has 0 aliphatic carbocycles. The van der Waals surface area contributed by atoms with Crippen molar-refractivity contribution in [3.8, 4) is 5.75 Å². The fraction of sp³-hybridized carbons (Fsp3) is 0.294. The van der Waals surface area contributed by atoms with E-state index in [4.69, 9.17) is 0 Å². The number of aromatic hydroxyl groups is 1. The first-order valence-electron chi connectivity index (χ1n) is 6.29. The maximum absolute atomic E-state index is 10.1. The Balaban J connectivity index is 2.61. The summed E-state index contributed by atoms with van der Waals surface area (Å²) in [6.07, 6.45) is 0. The number of phenols is 1. The van der Waals surface area contributed by atoms with Crippen LogP contribution >= 0.6 is 0 Å². The second kappa shape index (κ2) is 4.49. The fourth-order valence-electron chi connectivity index (χ4n) is 2.57. The molecule has 0 radical (unpaired) electrons. The van der Waals surface area contributed by atoms with Crippen molar-refractivity contribution in [2.75, 3.05) is 0 Å². The van der Waals surface area contributed by atoms with E-state index >= 15 is 0 Å². The van der Waals surface area contributed by atoms with Crippen LogP contribution in [0.15, 0.2) is 42.5 Å². The van der Waals surface area contributed by atoms with Crippen molar-refractivity contribution in [3.05, 3.63) is 64.7 Å². The molecule has 0 amide bonds. The summed E-state index contributed by atoms with van der Waals surface area (Å²) in [7, 11) is 0. The molecule has 0 heterocycles. The first-order valence-corrected chi connectivity index (χ1v) is 6.29. The summed E-state index contributed by atoms with van der Waals surface area (Å²) in [6.45, 7) is 8.48. The number of aryl methyl sites for hydroxylation is 2. The molecular weight excluding hydrogens is 220 g/mol. The van der Waals surface area contributed by atoms with Crippen LogP contribution in [-0.2, 0) is 5.41 Å². The molecule has 18 heavy (non-hydrogen) atoms. The van der Waals surface area contributed by atoms with Crippen molar-refractivity contribution in [3.63, 3.8) is 0 Å². The number of rotatable bonds is 2. The summed E-state index contributed by atoms with van der Waals surface area (Å²) in [4.78, 5) is 0. The smallest absolute Gasteiger partial charge is 0.119 e. The molecule has 2 rings (SSSR count). The van der Waals surface area contributed by atoms with Gasteiger partial charge in [0.15, 0.2) is 0 Å². The lowest BCUT2D eigenvalue weighted by Gasteiger charge is -2.28. The Bertz CT molecular complexity index is 568. The minimum atomic E-state index is -0.193. The summed E-state index contributed by atoms with van der Waals surface area (Å²) in [5.41, 5.74) is 4.47. The number of phenolic OH excluding ortho intramolecular Hbond substituents is 1. The van der Waals surface area contributed by atoms with Crippen LogP contribution in [-0.4, -0.2) is 5.11 Å². The lowest BCUT2D eigenvalue weighted by molar-refractivity contribution is 0.452. The predicted molar refractivity (Wildman–Crippen MR) is 76.2 cm³/mol. The van der Waals surface area contributed by atoms with Gasteiger partial charge >= 0.3 is 0 Å². The minimum Gasteiger partial charge on any atom is -0.508 e. The van der Waals surface area contributed by atoms with Crippen LogP contribution in [0, 0.1) is 13.8 Å². The largest absolute Gasteiger partial charge is 0.508 e. The van der Waals surface area contributed by atoms with Gasteiger partial charge < -0.3 is 5.11 Å². The highest BCUT2D eigenvalue weighted by molar-refractivity contribution is 5.48. The molecule has 0 saturated heterocycles. The standard InChI is InChI=1S/C17H20O/c1-12-9-10-16(18)15(11-12)17(3,4)14-8-6-5-7-13(14)2/h5-11,18H,1-4H3. The van der Waals surface area contributed by atoms with Gasteiger partial charge in [-0.25, -0.2) is 0 Å². The van der Waals surface area contributed by atoms with E-state index in [0.29, 0.717) is 5.75 Å². The van der Waals surface area contributed by atoms with Gasteiger partial charge in [-0.1, -0.05) is 55.8 Å². The SMILES string of the molecule is Cc1ccc(O)c(C(C)(C)c2ccccc2C)c1. The second-order valence-electron chi connectivity index (χ2n) is 5.46. The Morgan fingerprint density at radius 3 is 2.22 bits per heavy atom. The summed E-state index contributed by atoms with van der Waals surface area (Å²) in [5, 5.41) is 10.1. The van der Waals surface area contributed by atoms with Gasteiger partial charge in [-0.2, -0.15) is 0 Å². The molecule has 1 N–H and O–H groups in total. The lowest BCUT2D eigenvalue weighted by atomic mass is 9.75. The maximum atomic E-state index is 10.1. The highest BCUT2D eigenvalue weighted by atomic mass is 16.3. The quantitative estimate of drug-likeness (QED) is 0.828. The van der Waals surface area contributed by atoms with Crippen LogP contribution in [0.4, 0.5) is 0 Å². The lowest BCUT2D eigenvalue weighted by Crippen LogP contribution is -2.20. The average Bonchev–Trinajstić information content (AvgIpc) is 2.32. The first kappa shape index (κ1) is 12.7. The number of hydrogen-bond acceptors (Lipinski definition) is 1. The summed E-state index contributed by atoms with van der Waals surface area (Å²) in [6, 6.07) is 14.1. The van der Waals surface area contributed by atoms with Crippen LogP contribution in [0.1, 0.15) is 36.1 Å². The van der Waals surface area contributed by atoms with Gasteiger partial charge in [0, 0.05) is 11.0 Å². The molecular formula is C17H20O. The van der Waals surface area contributed by atoms with Crippen molar-refractivity contribution >= 4 is 0 Å². The van der Waals surface area contributed by atoms with E-state index < -0.39 is 0 Å². The Kier molecular flexibility index (Phi) is 3.16. The maximum Gasteiger partial charge on any atom is 0.119 e. The first-order chi connectivity index (χ1) is 8.43. The average molecular weight is 240 g/mol. The molecule has 94 valence electrons. The second-order valence-corrected chi connectivity index (χ2v) is 5.46. The molecule has 0 aliphatic rings. The van der Waals surface area contributed by atoms with Crippen molar-refractivity contribution in [1.82, 2.24) is 0 Å². The van der Waals surface area contributed by atoms with Crippen molar-refractivity contribution in [1.29, 1.82) is 0 Å². The van der Waals surface area contributed by atoms with E-state index in [9.17, 15) is 5.11 Å². The minimum absolute atomic E-state index is 0.193. The molecule has 0 atom stereocenters. The van der Waals surface area contributed by atoms with Gasteiger partial charge in [-0.05, 0) is 31.0 Å². The summed E-state index contributed by atoms with van der Waals surface area (Å²) in [5.74, 6) is 0.369. The molecule has 0 fully saturated rings. The van der Waals surface area contributed by atoms with Crippen LogP contribution in [0.2, 0.25) is 0 Å². The molecule has 1 heteroatoms. The molecule has 0 unspecified atom stereocenters. The number of benzene rings is 2. The van der Waals surface area contributed by atoms with E-state index in [1.54, 1.807) is 6.07 Å². The molecule has 0 bridgehead atoms. The Morgan fingerprint density at radius 2 is 1.56 bits per heavy atom. The third-order valence-corrected chi connectivity index (χ3v) is 3.64. The molecule has 0 spiro atoms. The molecule has 2 aromatic rings. The van der Waals surface area contributed by atoms with Gasteiger partial charge in [-0.3, -0.25) is 0 Å². The monoisotopic (exact) mass is 240 g/mol. The number of hydrogen-bond donors (Lipinski definition) is 1. The van der Waals surface area contributed by atoms with E-state index in [1.807, 2.05) is 12.1 Å². The topological polar surface area (TPSA) is 20.2 Å². The van der Waals surface area contributed by atoms with Crippen LogP contribution in [0.25, 0.3) is 0 Å². The fourth-order valence-corrected chi connectivity index (χ4v) is 2.57. The van der Waals surface area contributed by atoms with Gasteiger partial charge in [-0.15, -0.1) is 0 Å². The third kappa shape index (κ3) is 2.13. The molecule has 2 aromatic carbocycles. The van der Waals surface area contributed by atoms with Gasteiger partial charge in [0.1, 0.15) is 5.75 Å². The Morgan fingerprint density at radius 1 is 0.889 bits per heavy atom. The summed E-state index contributed by atoms with van der Waals surface area (Å²) >= 11 is 0. The van der Waals surface area contributed by atoms with Crippen molar-refractivity contribution in [2.24, 2.45) is 0 Å². The molecule has 0 aliphatic heterocycles.